The van der Waals surface area contributed by atoms with Crippen LogP contribution < -0.4 is 5.32 Å². The van der Waals surface area contributed by atoms with Crippen LogP contribution in [0.15, 0.2) is 0 Å². The molecule has 1 aliphatic heterocycles. The van der Waals surface area contributed by atoms with Gasteiger partial charge in [0.2, 0.25) is 5.91 Å². The quantitative estimate of drug-likeness (QED) is 0.786. The van der Waals surface area contributed by atoms with Crippen LogP contribution in [0, 0.1) is 17.8 Å². The van der Waals surface area contributed by atoms with Crippen LogP contribution in [-0.4, -0.2) is 36.2 Å². The molecule has 0 bridgehead atoms. The van der Waals surface area contributed by atoms with E-state index in [1.165, 1.54) is 0 Å². The Kier molecular flexibility index (Phi) is 4.22. The van der Waals surface area contributed by atoms with Gasteiger partial charge in [-0.1, -0.05) is 13.3 Å². The van der Waals surface area contributed by atoms with Crippen LogP contribution in [0.2, 0.25) is 0 Å². The number of aliphatic carboxylic acids is 1. The van der Waals surface area contributed by atoms with Gasteiger partial charge in [0.15, 0.2) is 0 Å². The molecule has 0 spiro atoms. The standard InChI is InChI=1S/C13H21NO4/c1-2-8-5-10(11(6-8)13(16)17)12(15)14-9-3-4-18-7-9/h8-11H,2-7H2,1H3,(H,14,15)(H,16,17)/t8?,9?,10-,11+/m0/s1. The summed E-state index contributed by atoms with van der Waals surface area (Å²) in [5.74, 6) is -1.46. The lowest BCUT2D eigenvalue weighted by atomic mass is 9.95. The van der Waals surface area contributed by atoms with E-state index < -0.39 is 11.9 Å². The van der Waals surface area contributed by atoms with E-state index in [0.29, 0.717) is 32.0 Å². The van der Waals surface area contributed by atoms with Crippen molar-refractivity contribution in [2.75, 3.05) is 13.2 Å². The summed E-state index contributed by atoms with van der Waals surface area (Å²) in [5.41, 5.74) is 0. The average Bonchev–Trinajstić information content (AvgIpc) is 2.96. The zero-order valence-electron chi connectivity index (χ0n) is 10.7. The van der Waals surface area contributed by atoms with E-state index in [4.69, 9.17) is 4.74 Å². The molecule has 0 aromatic rings. The number of nitrogens with one attached hydrogen (secondary N) is 1. The maximum absolute atomic E-state index is 12.1. The van der Waals surface area contributed by atoms with Crippen LogP contribution in [0.1, 0.15) is 32.6 Å². The van der Waals surface area contributed by atoms with E-state index in [0.717, 1.165) is 12.8 Å². The van der Waals surface area contributed by atoms with Gasteiger partial charge in [0.1, 0.15) is 0 Å². The first-order chi connectivity index (χ1) is 8.61. The van der Waals surface area contributed by atoms with Gasteiger partial charge in [-0.05, 0) is 25.2 Å². The van der Waals surface area contributed by atoms with Gasteiger partial charge in [0.25, 0.3) is 0 Å². The Balaban J connectivity index is 1.96. The molecule has 0 aromatic carbocycles. The molecule has 2 N–H and O–H groups in total. The van der Waals surface area contributed by atoms with Crippen molar-refractivity contribution >= 4 is 11.9 Å². The van der Waals surface area contributed by atoms with Gasteiger partial charge in [-0.2, -0.15) is 0 Å². The zero-order chi connectivity index (χ0) is 13.1. The highest BCUT2D eigenvalue weighted by molar-refractivity contribution is 5.85. The Morgan fingerprint density at radius 1 is 1.33 bits per heavy atom. The van der Waals surface area contributed by atoms with E-state index in [1.54, 1.807) is 0 Å². The Hall–Kier alpha value is -1.10. The summed E-state index contributed by atoms with van der Waals surface area (Å²) in [4.78, 5) is 23.4. The molecule has 1 heterocycles. The number of hydrogen-bond acceptors (Lipinski definition) is 3. The minimum Gasteiger partial charge on any atom is -0.481 e. The molecule has 4 atom stereocenters. The van der Waals surface area contributed by atoms with Crippen molar-refractivity contribution in [3.05, 3.63) is 0 Å². The summed E-state index contributed by atoms with van der Waals surface area (Å²) >= 11 is 0. The van der Waals surface area contributed by atoms with Crippen molar-refractivity contribution in [2.24, 2.45) is 17.8 Å². The second-order valence-electron chi connectivity index (χ2n) is 5.37. The topological polar surface area (TPSA) is 75.6 Å². The van der Waals surface area contributed by atoms with Crippen LogP contribution in [0.3, 0.4) is 0 Å². The van der Waals surface area contributed by atoms with Gasteiger partial charge >= 0.3 is 5.97 Å². The Labute approximate surface area is 107 Å². The van der Waals surface area contributed by atoms with Crippen molar-refractivity contribution in [2.45, 2.75) is 38.6 Å². The lowest BCUT2D eigenvalue weighted by Crippen LogP contribution is -2.41. The molecule has 2 unspecified atom stereocenters. The highest BCUT2D eigenvalue weighted by Gasteiger charge is 2.42. The van der Waals surface area contributed by atoms with E-state index >= 15 is 0 Å². The minimum absolute atomic E-state index is 0.0626. The first kappa shape index (κ1) is 13.3. The fraction of sp³-hybridized carbons (Fsp3) is 0.846. The number of carboxylic acid groups (broad SMARTS) is 1. The second-order valence-corrected chi connectivity index (χ2v) is 5.37. The molecular weight excluding hydrogens is 234 g/mol. The number of rotatable bonds is 4. The molecular formula is C13H21NO4. The van der Waals surface area contributed by atoms with E-state index in [1.807, 2.05) is 0 Å². The highest BCUT2D eigenvalue weighted by atomic mass is 16.5. The van der Waals surface area contributed by atoms with Crippen LogP contribution in [0.5, 0.6) is 0 Å². The summed E-state index contributed by atoms with van der Waals surface area (Å²) < 4.78 is 5.21. The number of carbonyl (C=O) groups excluding carboxylic acids is 1. The van der Waals surface area contributed by atoms with Crippen molar-refractivity contribution < 1.29 is 19.4 Å². The predicted molar refractivity (Wildman–Crippen MR) is 65.0 cm³/mol. The Morgan fingerprint density at radius 2 is 2.06 bits per heavy atom. The normalized spacial score (nSPS) is 35.6. The lowest BCUT2D eigenvalue weighted by Gasteiger charge is -2.18. The fourth-order valence-corrected chi connectivity index (χ4v) is 3.00. The molecule has 1 saturated carbocycles. The van der Waals surface area contributed by atoms with Gasteiger partial charge in [0.05, 0.1) is 24.5 Å². The van der Waals surface area contributed by atoms with Crippen LogP contribution in [-0.2, 0) is 14.3 Å². The number of hydrogen-bond donors (Lipinski definition) is 2. The Morgan fingerprint density at radius 3 is 2.61 bits per heavy atom. The molecule has 1 aliphatic carbocycles. The van der Waals surface area contributed by atoms with Crippen LogP contribution in [0.4, 0.5) is 0 Å². The maximum atomic E-state index is 12.1. The third-order valence-electron chi connectivity index (χ3n) is 4.17. The van der Waals surface area contributed by atoms with E-state index in [9.17, 15) is 14.7 Å². The molecule has 2 fully saturated rings. The first-order valence-corrected chi connectivity index (χ1v) is 6.72. The molecule has 1 saturated heterocycles. The van der Waals surface area contributed by atoms with Gasteiger partial charge in [0, 0.05) is 6.61 Å². The average molecular weight is 255 g/mol. The van der Waals surface area contributed by atoms with Gasteiger partial charge < -0.3 is 15.2 Å². The fourth-order valence-electron chi connectivity index (χ4n) is 3.00. The van der Waals surface area contributed by atoms with E-state index in [2.05, 4.69) is 12.2 Å². The number of carbonyl (C=O) groups is 2. The Bertz CT molecular complexity index is 325. The zero-order valence-corrected chi connectivity index (χ0v) is 10.7. The maximum Gasteiger partial charge on any atom is 0.307 e. The molecule has 5 heteroatoms. The van der Waals surface area contributed by atoms with Gasteiger partial charge in [-0.25, -0.2) is 0 Å². The first-order valence-electron chi connectivity index (χ1n) is 6.72. The highest BCUT2D eigenvalue weighted by Crippen LogP contribution is 2.38. The molecule has 2 rings (SSSR count). The molecule has 0 radical (unpaired) electrons. The molecule has 0 aromatic heterocycles. The largest absolute Gasteiger partial charge is 0.481 e. The van der Waals surface area contributed by atoms with Gasteiger partial charge in [-0.15, -0.1) is 0 Å². The summed E-state index contributed by atoms with van der Waals surface area (Å²) in [5, 5.41) is 12.1. The molecule has 18 heavy (non-hydrogen) atoms. The van der Waals surface area contributed by atoms with E-state index in [-0.39, 0.29) is 17.9 Å². The molecule has 1 amide bonds. The van der Waals surface area contributed by atoms with Crippen molar-refractivity contribution in [1.82, 2.24) is 5.32 Å². The minimum atomic E-state index is -0.839. The number of carboxylic acids is 1. The van der Waals surface area contributed by atoms with Crippen LogP contribution >= 0.6 is 0 Å². The number of amides is 1. The predicted octanol–water partition coefficient (Wildman–Crippen LogP) is 1.03. The third-order valence-corrected chi connectivity index (χ3v) is 4.17. The molecule has 2 aliphatic rings. The summed E-state index contributed by atoms with van der Waals surface area (Å²) in [7, 11) is 0. The SMILES string of the molecule is CCC1C[C@H](C(=O)NC2CCOC2)[C@H](C(=O)O)C1. The second kappa shape index (κ2) is 5.69. The van der Waals surface area contributed by atoms with Crippen LogP contribution in [0.25, 0.3) is 0 Å². The molecule has 5 nitrogen and oxygen atoms in total. The molecule has 102 valence electrons. The number of ether oxygens (including phenoxy) is 1. The monoisotopic (exact) mass is 255 g/mol. The van der Waals surface area contributed by atoms with Crippen molar-refractivity contribution in [3.63, 3.8) is 0 Å². The lowest BCUT2D eigenvalue weighted by molar-refractivity contribution is -0.146. The summed E-state index contributed by atoms with van der Waals surface area (Å²) in [6.45, 7) is 3.28. The van der Waals surface area contributed by atoms with Crippen molar-refractivity contribution in [3.8, 4) is 0 Å². The smallest absolute Gasteiger partial charge is 0.307 e. The van der Waals surface area contributed by atoms with Gasteiger partial charge in [-0.3, -0.25) is 9.59 Å². The summed E-state index contributed by atoms with van der Waals surface area (Å²) in [6.07, 6.45) is 3.10. The summed E-state index contributed by atoms with van der Waals surface area (Å²) in [6, 6.07) is 0.0626. The third kappa shape index (κ3) is 2.83. The van der Waals surface area contributed by atoms with Crippen molar-refractivity contribution in [1.29, 1.82) is 0 Å².